The fourth-order valence-corrected chi connectivity index (χ4v) is 1.75. The summed E-state index contributed by atoms with van der Waals surface area (Å²) in [6.45, 7) is -0.885. The second-order valence-corrected chi connectivity index (χ2v) is 4.69. The van der Waals surface area contributed by atoms with Crippen molar-refractivity contribution in [1.82, 2.24) is 10.1 Å². The first-order valence-corrected chi connectivity index (χ1v) is 6.31. The van der Waals surface area contributed by atoms with Crippen LogP contribution in [0.1, 0.15) is 10.6 Å². The molecule has 22 heavy (non-hydrogen) atoms. The molecule has 1 atom stereocenters. The lowest BCUT2D eigenvalue weighted by Gasteiger charge is -2.21. The Labute approximate surface area is 123 Å². The van der Waals surface area contributed by atoms with Crippen LogP contribution in [0.2, 0.25) is 0 Å². The van der Waals surface area contributed by atoms with Gasteiger partial charge < -0.3 is 14.5 Å². The van der Waals surface area contributed by atoms with Crippen LogP contribution in [0, 0.1) is 0 Å². The molecule has 0 spiro atoms. The van der Waals surface area contributed by atoms with Gasteiger partial charge in [0.25, 0.3) is 5.91 Å². The highest BCUT2D eigenvalue weighted by molar-refractivity contribution is 5.92. The van der Waals surface area contributed by atoms with Crippen molar-refractivity contribution in [2.75, 3.05) is 13.6 Å². The third kappa shape index (κ3) is 3.64. The van der Waals surface area contributed by atoms with Gasteiger partial charge in [0.15, 0.2) is 6.10 Å². The number of likely N-dealkylation sites (N-methyl/N-ethyl adjacent to an activating group) is 1. The maximum Gasteiger partial charge on any atom is 0.416 e. The van der Waals surface area contributed by atoms with E-state index in [0.717, 1.165) is 11.9 Å². The van der Waals surface area contributed by atoms with Crippen LogP contribution in [0.15, 0.2) is 40.9 Å². The van der Waals surface area contributed by atoms with E-state index >= 15 is 0 Å². The van der Waals surface area contributed by atoms with E-state index < -0.39 is 24.7 Å². The lowest BCUT2D eigenvalue weighted by Crippen LogP contribution is -2.41. The van der Waals surface area contributed by atoms with Gasteiger partial charge in [-0.2, -0.15) is 13.2 Å². The van der Waals surface area contributed by atoms with Crippen LogP contribution < -0.4 is 0 Å². The zero-order valence-corrected chi connectivity index (χ0v) is 11.5. The summed E-state index contributed by atoms with van der Waals surface area (Å²) in [5.74, 6) is -0.992. The molecule has 1 aromatic carbocycles. The molecule has 1 N–H and O–H groups in total. The molecule has 0 fully saturated rings. The molecule has 0 aliphatic rings. The number of aromatic nitrogens is 1. The highest BCUT2D eigenvalue weighted by Crippen LogP contribution is 2.22. The normalized spacial score (nSPS) is 13.0. The molecule has 0 saturated heterocycles. The molecule has 5 nitrogen and oxygen atoms in total. The highest BCUT2D eigenvalue weighted by Gasteiger charge is 2.39. The summed E-state index contributed by atoms with van der Waals surface area (Å²) >= 11 is 0. The number of benzene rings is 1. The van der Waals surface area contributed by atoms with Gasteiger partial charge >= 0.3 is 6.18 Å². The lowest BCUT2D eigenvalue weighted by atomic mass is 10.1. The Morgan fingerprint density at radius 1 is 1.36 bits per heavy atom. The second kappa shape index (κ2) is 6.18. The molecule has 1 aromatic heterocycles. The number of hydrogen-bond donors (Lipinski definition) is 1. The number of aliphatic hydroxyl groups excluding tert-OH is 1. The van der Waals surface area contributed by atoms with Gasteiger partial charge in [-0.1, -0.05) is 35.5 Å². The average molecular weight is 314 g/mol. The molecule has 0 bridgehead atoms. The van der Waals surface area contributed by atoms with E-state index in [4.69, 9.17) is 9.63 Å². The summed E-state index contributed by atoms with van der Waals surface area (Å²) in [6, 6.07) is 10.2. The Morgan fingerprint density at radius 3 is 2.59 bits per heavy atom. The number of hydrogen-bond acceptors (Lipinski definition) is 4. The van der Waals surface area contributed by atoms with Crippen LogP contribution in [-0.4, -0.2) is 46.9 Å². The minimum absolute atomic E-state index is 0.198. The van der Waals surface area contributed by atoms with Crippen LogP contribution in [0.4, 0.5) is 13.2 Å². The zero-order chi connectivity index (χ0) is 16.3. The van der Waals surface area contributed by atoms with Crippen molar-refractivity contribution in [3.63, 3.8) is 0 Å². The SMILES string of the molecule is CN(CC(O)C(F)(F)F)C(=O)c1cc(-c2ccccc2)no1. The first-order valence-electron chi connectivity index (χ1n) is 6.31. The highest BCUT2D eigenvalue weighted by atomic mass is 19.4. The van der Waals surface area contributed by atoms with Crippen LogP contribution >= 0.6 is 0 Å². The quantitative estimate of drug-likeness (QED) is 0.940. The van der Waals surface area contributed by atoms with Crippen molar-refractivity contribution in [1.29, 1.82) is 0 Å². The minimum Gasteiger partial charge on any atom is -0.382 e. The van der Waals surface area contributed by atoms with Crippen molar-refractivity contribution in [3.8, 4) is 11.3 Å². The van der Waals surface area contributed by atoms with Crippen LogP contribution in [0.3, 0.4) is 0 Å². The van der Waals surface area contributed by atoms with Crippen LogP contribution in [0.25, 0.3) is 11.3 Å². The standard InChI is InChI=1S/C14H13F3N2O3/c1-19(8-12(20)14(15,16)17)13(21)11-7-10(18-22-11)9-5-3-2-4-6-9/h2-7,12,20H,8H2,1H3. The number of alkyl halides is 3. The van der Waals surface area contributed by atoms with E-state index in [1.54, 1.807) is 24.3 Å². The predicted octanol–water partition coefficient (Wildman–Crippen LogP) is 2.34. The van der Waals surface area contributed by atoms with Crippen molar-refractivity contribution in [3.05, 3.63) is 42.2 Å². The zero-order valence-electron chi connectivity index (χ0n) is 11.5. The maximum absolute atomic E-state index is 12.3. The van der Waals surface area contributed by atoms with Gasteiger partial charge in [-0.25, -0.2) is 0 Å². The smallest absolute Gasteiger partial charge is 0.382 e. The van der Waals surface area contributed by atoms with Crippen molar-refractivity contribution in [2.24, 2.45) is 0 Å². The van der Waals surface area contributed by atoms with E-state index in [1.807, 2.05) is 6.07 Å². The second-order valence-electron chi connectivity index (χ2n) is 4.69. The summed E-state index contributed by atoms with van der Waals surface area (Å²) in [4.78, 5) is 12.7. The van der Waals surface area contributed by atoms with Crippen LogP contribution in [0.5, 0.6) is 0 Å². The molecule has 2 aromatic rings. The fourth-order valence-electron chi connectivity index (χ4n) is 1.75. The van der Waals surface area contributed by atoms with Gasteiger partial charge in [0, 0.05) is 18.7 Å². The summed E-state index contributed by atoms with van der Waals surface area (Å²) in [7, 11) is 1.14. The molecular weight excluding hydrogens is 301 g/mol. The van der Waals surface area contributed by atoms with E-state index in [9.17, 15) is 18.0 Å². The van der Waals surface area contributed by atoms with Gasteiger partial charge in [0.1, 0.15) is 5.69 Å². The lowest BCUT2D eigenvalue weighted by molar-refractivity contribution is -0.205. The fraction of sp³-hybridized carbons (Fsp3) is 0.286. The average Bonchev–Trinajstić information content (AvgIpc) is 2.96. The number of carbonyl (C=O) groups excluding carboxylic acids is 1. The molecule has 8 heteroatoms. The number of halogens is 3. The molecule has 1 unspecified atom stereocenters. The van der Waals surface area contributed by atoms with Crippen molar-refractivity contribution in [2.45, 2.75) is 12.3 Å². The molecule has 118 valence electrons. The van der Waals surface area contributed by atoms with Gasteiger partial charge in [-0.15, -0.1) is 0 Å². The van der Waals surface area contributed by atoms with Gasteiger partial charge in [-0.3, -0.25) is 4.79 Å². The summed E-state index contributed by atoms with van der Waals surface area (Å²) in [6.07, 6.45) is -7.40. The molecule has 0 aliphatic carbocycles. The molecule has 0 aliphatic heterocycles. The topological polar surface area (TPSA) is 66.6 Å². The predicted molar refractivity (Wildman–Crippen MR) is 71.0 cm³/mol. The number of amides is 1. The number of rotatable bonds is 4. The van der Waals surface area contributed by atoms with Gasteiger partial charge in [0.05, 0.1) is 6.54 Å². The third-order valence-corrected chi connectivity index (χ3v) is 2.96. The van der Waals surface area contributed by atoms with Crippen molar-refractivity contribution < 1.29 is 27.6 Å². The van der Waals surface area contributed by atoms with E-state index in [1.165, 1.54) is 6.07 Å². The Balaban J connectivity index is 2.09. The Morgan fingerprint density at radius 2 is 2.00 bits per heavy atom. The van der Waals surface area contributed by atoms with Crippen LogP contribution in [-0.2, 0) is 0 Å². The molecule has 0 radical (unpaired) electrons. The first-order chi connectivity index (χ1) is 10.3. The molecule has 1 heterocycles. The van der Waals surface area contributed by atoms with Gasteiger partial charge in [0.2, 0.25) is 5.76 Å². The maximum atomic E-state index is 12.3. The Hall–Kier alpha value is -2.35. The Kier molecular flexibility index (Phi) is 4.51. The van der Waals surface area contributed by atoms with E-state index in [2.05, 4.69) is 5.16 Å². The Bertz CT molecular complexity index is 640. The molecular formula is C14H13F3N2O3. The summed E-state index contributed by atoms with van der Waals surface area (Å²) in [5.41, 5.74) is 1.11. The van der Waals surface area contributed by atoms with E-state index in [-0.39, 0.29) is 5.76 Å². The summed E-state index contributed by atoms with van der Waals surface area (Å²) < 4.78 is 41.7. The number of nitrogens with zero attached hydrogens (tertiary/aromatic N) is 2. The molecule has 0 saturated carbocycles. The first kappa shape index (κ1) is 16.0. The third-order valence-electron chi connectivity index (χ3n) is 2.96. The van der Waals surface area contributed by atoms with E-state index in [0.29, 0.717) is 11.3 Å². The summed E-state index contributed by atoms with van der Waals surface area (Å²) in [5, 5.41) is 12.7. The number of carbonyl (C=O) groups is 1. The van der Waals surface area contributed by atoms with Crippen molar-refractivity contribution >= 4 is 5.91 Å². The molecule has 1 amide bonds. The minimum atomic E-state index is -4.79. The monoisotopic (exact) mass is 314 g/mol. The van der Waals surface area contributed by atoms with Gasteiger partial charge in [-0.05, 0) is 0 Å². The largest absolute Gasteiger partial charge is 0.416 e. The number of aliphatic hydroxyl groups is 1. The molecule has 2 rings (SSSR count).